The van der Waals surface area contributed by atoms with Gasteiger partial charge >= 0.3 is 0 Å². The Morgan fingerprint density at radius 2 is 1.85 bits per heavy atom. The molecule has 0 aromatic carbocycles. The predicted octanol–water partition coefficient (Wildman–Crippen LogP) is 1.01. The van der Waals surface area contributed by atoms with Crippen LogP contribution in [0.2, 0.25) is 0 Å². The van der Waals surface area contributed by atoms with Crippen molar-refractivity contribution in [2.24, 2.45) is 5.92 Å². The van der Waals surface area contributed by atoms with Gasteiger partial charge in [-0.05, 0) is 12.3 Å². The van der Waals surface area contributed by atoms with E-state index in [0.717, 1.165) is 0 Å². The molecule has 0 aliphatic carbocycles. The summed E-state index contributed by atoms with van der Waals surface area (Å²) in [6, 6.07) is 0. The van der Waals surface area contributed by atoms with E-state index in [1.165, 1.54) is 6.92 Å². The van der Waals surface area contributed by atoms with Crippen LogP contribution in [0.1, 0.15) is 27.2 Å². The predicted molar refractivity (Wildman–Crippen MR) is 51.6 cm³/mol. The van der Waals surface area contributed by atoms with Crippen molar-refractivity contribution < 1.29 is 13.2 Å². The van der Waals surface area contributed by atoms with Gasteiger partial charge in [0, 0.05) is 0 Å². The Hall–Kier alpha value is -0.710. The lowest BCUT2D eigenvalue weighted by atomic mass is 10.1. The summed E-state index contributed by atoms with van der Waals surface area (Å²) in [5.74, 6) is -0.102. The minimum atomic E-state index is -3.71. The van der Waals surface area contributed by atoms with Gasteiger partial charge in [-0.25, -0.2) is 8.42 Å². The van der Waals surface area contributed by atoms with Gasteiger partial charge in [0.2, 0.25) is 9.84 Å². The van der Waals surface area contributed by atoms with Crippen molar-refractivity contribution in [3.05, 3.63) is 0 Å². The molecule has 1 N–H and O–H groups in total. The first-order chi connectivity index (χ1) is 5.81. The summed E-state index contributed by atoms with van der Waals surface area (Å²) < 4.78 is 22.1. The summed E-state index contributed by atoms with van der Waals surface area (Å²) in [7, 11) is -3.71. The van der Waals surface area contributed by atoms with E-state index < -0.39 is 15.0 Å². The Kier molecular flexibility index (Phi) is 4.26. The van der Waals surface area contributed by atoms with Crippen molar-refractivity contribution in [3.8, 4) is 0 Å². The van der Waals surface area contributed by atoms with Crippen LogP contribution in [0.15, 0.2) is 0 Å². The summed E-state index contributed by atoms with van der Waals surface area (Å²) >= 11 is 0. The second-order valence-corrected chi connectivity index (χ2v) is 5.45. The number of rotatable bonds is 4. The Bertz CT molecular complexity index is 303. The van der Waals surface area contributed by atoms with Gasteiger partial charge in [-0.1, -0.05) is 20.8 Å². The summed E-state index contributed by atoms with van der Waals surface area (Å²) in [5, 5.41) is 6.23. The minimum absolute atomic E-state index is 0.128. The zero-order chi connectivity index (χ0) is 10.6. The number of carbonyl (C=O) groups excluding carboxylic acids is 1. The molecule has 5 heteroatoms. The summed E-state index contributed by atoms with van der Waals surface area (Å²) in [6.07, 6.45) is 0.220. The van der Waals surface area contributed by atoms with Crippen molar-refractivity contribution in [2.45, 2.75) is 27.2 Å². The molecule has 0 atom stereocenters. The van der Waals surface area contributed by atoms with Gasteiger partial charge in [0.15, 0.2) is 0 Å². The standard InChI is InChI=1S/C8H15NO3S/c1-4-13(11,12)8(10)7(9)5-6(2)3/h6,9H,4-5H2,1-3H3. The van der Waals surface area contributed by atoms with Gasteiger partial charge in [-0.3, -0.25) is 4.79 Å². The summed E-state index contributed by atoms with van der Waals surface area (Å²) in [4.78, 5) is 11.1. The lowest BCUT2D eigenvalue weighted by Crippen LogP contribution is -2.26. The van der Waals surface area contributed by atoms with E-state index >= 15 is 0 Å². The highest BCUT2D eigenvalue weighted by atomic mass is 32.2. The summed E-state index contributed by atoms with van der Waals surface area (Å²) in [6.45, 7) is 5.07. The van der Waals surface area contributed by atoms with Crippen LogP contribution < -0.4 is 0 Å². The quantitative estimate of drug-likeness (QED) is 0.696. The lowest BCUT2D eigenvalue weighted by Gasteiger charge is -2.04. The third-order valence-corrected chi connectivity index (χ3v) is 3.09. The zero-order valence-corrected chi connectivity index (χ0v) is 8.94. The van der Waals surface area contributed by atoms with E-state index in [1.807, 2.05) is 13.8 Å². The molecule has 4 nitrogen and oxygen atoms in total. The summed E-state index contributed by atoms with van der Waals surface area (Å²) in [5.41, 5.74) is -0.308. The topological polar surface area (TPSA) is 75.1 Å². The highest BCUT2D eigenvalue weighted by Gasteiger charge is 2.24. The van der Waals surface area contributed by atoms with Crippen LogP contribution in [0.4, 0.5) is 0 Å². The van der Waals surface area contributed by atoms with Crippen LogP contribution in [0, 0.1) is 11.3 Å². The molecule has 0 aromatic rings. The molecule has 0 aliphatic rings. The number of hydrogen-bond donors (Lipinski definition) is 1. The largest absolute Gasteiger partial charge is 0.300 e. The molecule has 0 heterocycles. The highest BCUT2D eigenvalue weighted by molar-refractivity contribution is 8.08. The molecule has 13 heavy (non-hydrogen) atoms. The van der Waals surface area contributed by atoms with Crippen molar-refractivity contribution >= 4 is 20.7 Å². The fraction of sp³-hybridized carbons (Fsp3) is 0.750. The molecule has 0 bridgehead atoms. The Morgan fingerprint density at radius 3 is 2.15 bits per heavy atom. The molecule has 0 spiro atoms. The molecule has 76 valence electrons. The molecular formula is C8H15NO3S. The van der Waals surface area contributed by atoms with Crippen LogP contribution in [0.25, 0.3) is 0 Å². The molecule has 0 fully saturated rings. The van der Waals surface area contributed by atoms with Gasteiger partial charge < -0.3 is 5.41 Å². The maximum atomic E-state index is 11.1. The van der Waals surface area contributed by atoms with Gasteiger partial charge in [-0.2, -0.15) is 0 Å². The van der Waals surface area contributed by atoms with Crippen LogP contribution in [0.5, 0.6) is 0 Å². The molecule has 0 radical (unpaired) electrons. The van der Waals surface area contributed by atoms with E-state index in [4.69, 9.17) is 5.41 Å². The first kappa shape index (κ1) is 12.3. The Labute approximate surface area is 78.8 Å². The van der Waals surface area contributed by atoms with Gasteiger partial charge in [0.05, 0.1) is 11.5 Å². The maximum absolute atomic E-state index is 11.1. The molecule has 0 rings (SSSR count). The average molecular weight is 205 g/mol. The van der Waals surface area contributed by atoms with Crippen molar-refractivity contribution in [3.63, 3.8) is 0 Å². The number of hydrogen-bond acceptors (Lipinski definition) is 4. The third kappa shape index (κ3) is 3.67. The van der Waals surface area contributed by atoms with Gasteiger partial charge in [-0.15, -0.1) is 0 Å². The smallest absolute Gasteiger partial charge is 0.289 e. The second-order valence-electron chi connectivity index (χ2n) is 3.27. The maximum Gasteiger partial charge on any atom is 0.289 e. The first-order valence-corrected chi connectivity index (χ1v) is 5.81. The molecule has 0 saturated carbocycles. The van der Waals surface area contributed by atoms with Gasteiger partial charge in [0.25, 0.3) is 5.12 Å². The van der Waals surface area contributed by atoms with Gasteiger partial charge in [0.1, 0.15) is 0 Å². The second kappa shape index (κ2) is 4.50. The number of sulfone groups is 1. The first-order valence-electron chi connectivity index (χ1n) is 4.15. The number of carbonyl (C=O) groups is 1. The monoisotopic (exact) mass is 205 g/mol. The van der Waals surface area contributed by atoms with Crippen LogP contribution in [-0.2, 0) is 14.6 Å². The minimum Gasteiger partial charge on any atom is -0.300 e. The Morgan fingerprint density at radius 1 is 1.38 bits per heavy atom. The number of nitrogens with one attached hydrogen (secondary N) is 1. The van der Waals surface area contributed by atoms with Crippen molar-refractivity contribution in [1.29, 1.82) is 5.41 Å². The van der Waals surface area contributed by atoms with Crippen molar-refractivity contribution in [2.75, 3.05) is 5.75 Å². The average Bonchev–Trinajstić information content (AvgIpc) is 2.01. The van der Waals surface area contributed by atoms with Crippen molar-refractivity contribution in [1.82, 2.24) is 0 Å². The van der Waals surface area contributed by atoms with E-state index in [2.05, 4.69) is 0 Å². The fourth-order valence-corrected chi connectivity index (χ4v) is 1.53. The normalized spacial score (nSPS) is 11.7. The molecule has 0 saturated heterocycles. The van der Waals surface area contributed by atoms with Crippen LogP contribution in [0.3, 0.4) is 0 Å². The molecule has 0 aliphatic heterocycles. The van der Waals surface area contributed by atoms with Crippen LogP contribution in [-0.4, -0.2) is 25.0 Å². The fourth-order valence-electron chi connectivity index (χ4n) is 0.810. The molecular weight excluding hydrogens is 190 g/mol. The van der Waals surface area contributed by atoms with E-state index in [0.29, 0.717) is 0 Å². The van der Waals surface area contributed by atoms with E-state index in [1.54, 1.807) is 0 Å². The van der Waals surface area contributed by atoms with E-state index in [9.17, 15) is 13.2 Å². The molecule has 0 unspecified atom stereocenters. The Balaban J connectivity index is 4.55. The third-order valence-electron chi connectivity index (χ3n) is 1.52. The SMILES string of the molecule is CCS(=O)(=O)C(=O)C(=N)CC(C)C. The lowest BCUT2D eigenvalue weighted by molar-refractivity contribution is -0.106. The zero-order valence-electron chi connectivity index (χ0n) is 8.12. The molecule has 0 aromatic heterocycles. The van der Waals surface area contributed by atoms with Crippen LogP contribution >= 0.6 is 0 Å². The highest BCUT2D eigenvalue weighted by Crippen LogP contribution is 2.04. The molecule has 0 amide bonds. The van der Waals surface area contributed by atoms with E-state index in [-0.39, 0.29) is 23.8 Å².